The number of aliphatic hydroxyl groups is 1. The second-order valence-corrected chi connectivity index (χ2v) is 7.29. The fourth-order valence-electron chi connectivity index (χ4n) is 2.38. The van der Waals surface area contributed by atoms with Gasteiger partial charge in [-0.05, 0) is 25.8 Å². The maximum Gasteiger partial charge on any atom is 0.191 e. The van der Waals surface area contributed by atoms with Gasteiger partial charge in [0.1, 0.15) is 5.60 Å². The van der Waals surface area contributed by atoms with Gasteiger partial charge in [-0.25, -0.2) is 9.98 Å². The van der Waals surface area contributed by atoms with E-state index in [1.807, 2.05) is 43.5 Å². The van der Waals surface area contributed by atoms with Gasteiger partial charge in [0, 0.05) is 30.6 Å². The van der Waals surface area contributed by atoms with Gasteiger partial charge in [0.25, 0.3) is 0 Å². The third kappa shape index (κ3) is 6.14. The highest BCUT2D eigenvalue weighted by molar-refractivity contribution is 7.11. The molecule has 2 aromatic rings. The van der Waals surface area contributed by atoms with Gasteiger partial charge in [-0.3, -0.25) is 0 Å². The zero-order chi connectivity index (χ0) is 18.1. The van der Waals surface area contributed by atoms with Crippen LogP contribution in [-0.2, 0) is 18.4 Å². The number of guanidine groups is 1. The molecule has 0 aliphatic carbocycles. The van der Waals surface area contributed by atoms with Gasteiger partial charge in [-0.15, -0.1) is 11.3 Å². The molecule has 0 aliphatic heterocycles. The topological polar surface area (TPSA) is 69.5 Å². The van der Waals surface area contributed by atoms with Crippen molar-refractivity contribution in [3.8, 4) is 0 Å². The lowest BCUT2D eigenvalue weighted by Gasteiger charge is -2.22. The number of nitrogens with one attached hydrogen (secondary N) is 2. The molecular weight excluding hydrogens is 332 g/mol. The van der Waals surface area contributed by atoms with Gasteiger partial charge in [0.05, 0.1) is 11.6 Å². The molecular formula is C19H28N4OS. The van der Waals surface area contributed by atoms with E-state index in [-0.39, 0.29) is 0 Å². The summed E-state index contributed by atoms with van der Waals surface area (Å²) in [6.07, 6.45) is 3.85. The van der Waals surface area contributed by atoms with Crippen LogP contribution in [-0.4, -0.2) is 35.7 Å². The summed E-state index contributed by atoms with van der Waals surface area (Å²) in [7, 11) is 0. The lowest BCUT2D eigenvalue weighted by atomic mass is 9.96. The third-order valence-corrected chi connectivity index (χ3v) is 5.07. The quantitative estimate of drug-likeness (QED) is 0.500. The van der Waals surface area contributed by atoms with Crippen LogP contribution in [0.5, 0.6) is 0 Å². The van der Waals surface area contributed by atoms with Gasteiger partial charge in [-0.1, -0.05) is 37.3 Å². The summed E-state index contributed by atoms with van der Waals surface area (Å²) in [4.78, 5) is 10.3. The molecule has 0 radical (unpaired) electrons. The number of rotatable bonds is 8. The first-order chi connectivity index (χ1) is 12.0. The Morgan fingerprint density at radius 1 is 1.24 bits per heavy atom. The van der Waals surface area contributed by atoms with Crippen LogP contribution < -0.4 is 10.6 Å². The summed E-state index contributed by atoms with van der Waals surface area (Å²) < 4.78 is 0. The number of aromatic nitrogens is 1. The molecule has 0 saturated carbocycles. The summed E-state index contributed by atoms with van der Waals surface area (Å²) in [5, 5.41) is 18.3. The van der Waals surface area contributed by atoms with Crippen molar-refractivity contribution in [3.05, 3.63) is 52.0 Å². The predicted molar refractivity (Wildman–Crippen MR) is 105 cm³/mol. The number of hydrogen-bond donors (Lipinski definition) is 3. The number of aliphatic imine (C=N–C) groups is 1. The predicted octanol–water partition coefficient (Wildman–Crippen LogP) is 2.71. The second-order valence-electron chi connectivity index (χ2n) is 6.09. The Kier molecular flexibility index (Phi) is 7.40. The molecule has 136 valence electrons. The third-order valence-electron chi connectivity index (χ3n) is 3.87. The molecule has 0 saturated heterocycles. The molecule has 0 fully saturated rings. The Morgan fingerprint density at radius 2 is 2.00 bits per heavy atom. The van der Waals surface area contributed by atoms with E-state index in [1.165, 1.54) is 4.88 Å². The molecule has 2 rings (SSSR count). The SMILES string of the molecule is CCNC(=NCC(C)(O)c1ccccc1)NCCc1ncc(CC)s1. The van der Waals surface area contributed by atoms with E-state index in [4.69, 9.17) is 0 Å². The summed E-state index contributed by atoms with van der Waals surface area (Å²) in [5.41, 5.74) is -0.126. The maximum absolute atomic E-state index is 10.7. The van der Waals surface area contributed by atoms with Crippen LogP contribution in [0, 0.1) is 0 Å². The van der Waals surface area contributed by atoms with E-state index in [0.717, 1.165) is 36.5 Å². The monoisotopic (exact) mass is 360 g/mol. The van der Waals surface area contributed by atoms with Crippen LogP contribution in [0.15, 0.2) is 41.5 Å². The molecule has 6 heteroatoms. The molecule has 1 heterocycles. The van der Waals surface area contributed by atoms with Crippen molar-refractivity contribution in [2.24, 2.45) is 4.99 Å². The van der Waals surface area contributed by atoms with Crippen LogP contribution in [0.1, 0.15) is 36.2 Å². The minimum atomic E-state index is -0.991. The maximum atomic E-state index is 10.7. The molecule has 1 aromatic carbocycles. The first kappa shape index (κ1) is 19.4. The normalized spacial score (nSPS) is 14.2. The van der Waals surface area contributed by atoms with Crippen molar-refractivity contribution in [1.82, 2.24) is 15.6 Å². The van der Waals surface area contributed by atoms with Crippen molar-refractivity contribution >= 4 is 17.3 Å². The van der Waals surface area contributed by atoms with E-state index >= 15 is 0 Å². The Balaban J connectivity index is 1.91. The molecule has 1 aromatic heterocycles. The average Bonchev–Trinajstić information content (AvgIpc) is 3.08. The molecule has 0 spiro atoms. The van der Waals surface area contributed by atoms with E-state index in [0.29, 0.717) is 12.5 Å². The summed E-state index contributed by atoms with van der Waals surface area (Å²) in [6.45, 7) is 7.79. The molecule has 5 nitrogen and oxygen atoms in total. The van der Waals surface area contributed by atoms with Crippen LogP contribution in [0.2, 0.25) is 0 Å². The molecule has 3 N–H and O–H groups in total. The number of benzene rings is 1. The van der Waals surface area contributed by atoms with Crippen molar-refractivity contribution in [2.75, 3.05) is 19.6 Å². The average molecular weight is 361 g/mol. The molecule has 0 amide bonds. The molecule has 0 aliphatic rings. The summed E-state index contributed by atoms with van der Waals surface area (Å²) in [6, 6.07) is 9.63. The largest absolute Gasteiger partial charge is 0.384 e. The van der Waals surface area contributed by atoms with E-state index in [9.17, 15) is 5.11 Å². The number of thiazole rings is 1. The van der Waals surface area contributed by atoms with Crippen LogP contribution >= 0.6 is 11.3 Å². The van der Waals surface area contributed by atoms with Crippen molar-refractivity contribution < 1.29 is 5.11 Å². The summed E-state index contributed by atoms with van der Waals surface area (Å²) in [5.74, 6) is 0.714. The van der Waals surface area contributed by atoms with Crippen LogP contribution in [0.25, 0.3) is 0 Å². The second kappa shape index (κ2) is 9.53. The van der Waals surface area contributed by atoms with E-state index < -0.39 is 5.60 Å². The Bertz CT molecular complexity index is 667. The van der Waals surface area contributed by atoms with Gasteiger partial charge < -0.3 is 15.7 Å². The van der Waals surface area contributed by atoms with Crippen molar-refractivity contribution in [1.29, 1.82) is 0 Å². The van der Waals surface area contributed by atoms with Gasteiger partial charge in [-0.2, -0.15) is 0 Å². The molecule has 1 unspecified atom stereocenters. The zero-order valence-corrected chi connectivity index (χ0v) is 16.1. The van der Waals surface area contributed by atoms with Gasteiger partial charge in [0.2, 0.25) is 0 Å². The smallest absolute Gasteiger partial charge is 0.191 e. The first-order valence-electron chi connectivity index (χ1n) is 8.78. The van der Waals surface area contributed by atoms with Crippen molar-refractivity contribution in [2.45, 2.75) is 39.2 Å². The standard InChI is InChI=1S/C19H28N4OS/c1-4-16-13-22-17(25-16)11-12-21-18(20-5-2)23-14-19(3,24)15-9-7-6-8-10-15/h6-10,13,24H,4-5,11-12,14H2,1-3H3,(H2,20,21,23). The zero-order valence-electron chi connectivity index (χ0n) is 15.2. The minimum absolute atomic E-state index is 0.295. The lowest BCUT2D eigenvalue weighted by molar-refractivity contribution is 0.0672. The molecule has 1 atom stereocenters. The fourth-order valence-corrected chi connectivity index (χ4v) is 3.24. The Labute approximate surface area is 154 Å². The molecule has 0 bridgehead atoms. The van der Waals surface area contributed by atoms with E-state index in [1.54, 1.807) is 18.3 Å². The van der Waals surface area contributed by atoms with Crippen LogP contribution in [0.4, 0.5) is 0 Å². The van der Waals surface area contributed by atoms with Gasteiger partial charge >= 0.3 is 0 Å². The lowest BCUT2D eigenvalue weighted by Crippen LogP contribution is -2.39. The first-order valence-corrected chi connectivity index (χ1v) is 9.60. The van der Waals surface area contributed by atoms with E-state index in [2.05, 4.69) is 27.5 Å². The van der Waals surface area contributed by atoms with Crippen molar-refractivity contribution in [3.63, 3.8) is 0 Å². The van der Waals surface area contributed by atoms with Gasteiger partial charge in [0.15, 0.2) is 5.96 Å². The summed E-state index contributed by atoms with van der Waals surface area (Å²) >= 11 is 1.76. The Morgan fingerprint density at radius 3 is 2.64 bits per heavy atom. The molecule has 25 heavy (non-hydrogen) atoms. The fraction of sp³-hybridized carbons (Fsp3) is 0.474. The highest BCUT2D eigenvalue weighted by atomic mass is 32.1. The number of hydrogen-bond acceptors (Lipinski definition) is 4. The van der Waals surface area contributed by atoms with Crippen LogP contribution in [0.3, 0.4) is 0 Å². The highest BCUT2D eigenvalue weighted by Gasteiger charge is 2.22. The minimum Gasteiger partial charge on any atom is -0.384 e. The Hall–Kier alpha value is -1.92. The number of aryl methyl sites for hydroxylation is 1. The number of nitrogens with zero attached hydrogens (tertiary/aromatic N) is 2. The highest BCUT2D eigenvalue weighted by Crippen LogP contribution is 2.20.